The number of pyridine rings is 1. The fraction of sp³-hybridized carbons (Fsp3) is 0.381. The molecule has 0 saturated carbocycles. The number of hydrogen-bond donors (Lipinski definition) is 1. The molecule has 1 atom stereocenters. The number of piperazine rings is 1. The predicted molar refractivity (Wildman–Crippen MR) is 117 cm³/mol. The van der Waals surface area contributed by atoms with E-state index in [-0.39, 0.29) is 0 Å². The molecule has 1 unspecified atom stereocenters. The quantitative estimate of drug-likeness (QED) is 0.857. The van der Waals surface area contributed by atoms with Gasteiger partial charge in [-0.2, -0.15) is 0 Å². The van der Waals surface area contributed by atoms with E-state index in [1.807, 2.05) is 6.20 Å². The molecule has 0 radical (unpaired) electrons. The molecule has 0 spiro atoms. The average molecular weight is 395 g/mol. The van der Waals surface area contributed by atoms with Crippen LogP contribution in [0.3, 0.4) is 0 Å². The molecule has 146 valence electrons. The predicted octanol–water partition coefficient (Wildman–Crippen LogP) is 3.19. The first-order valence-electron chi connectivity index (χ1n) is 9.59. The molecule has 0 bridgehead atoms. The first-order valence-corrected chi connectivity index (χ1v) is 10.5. The van der Waals surface area contributed by atoms with Gasteiger partial charge >= 0.3 is 0 Å². The highest BCUT2D eigenvalue weighted by atomic mass is 32.2. The van der Waals surface area contributed by atoms with Crippen LogP contribution in [0.25, 0.3) is 11.1 Å². The minimum Gasteiger partial charge on any atom is -0.383 e. The Balaban J connectivity index is 1.52. The molecule has 4 rings (SSSR count). The number of aromatic nitrogens is 3. The van der Waals surface area contributed by atoms with Crippen molar-refractivity contribution in [3.63, 3.8) is 0 Å². The molecule has 6 nitrogen and oxygen atoms in total. The number of thioether (sulfide) groups is 1. The molecular weight excluding hydrogens is 368 g/mol. The molecule has 2 N–H and O–H groups in total. The van der Waals surface area contributed by atoms with E-state index < -0.39 is 0 Å². The van der Waals surface area contributed by atoms with Crippen LogP contribution in [0.5, 0.6) is 0 Å². The van der Waals surface area contributed by atoms with Gasteiger partial charge in [0.05, 0.1) is 10.6 Å². The SMILES string of the molecule is CC(=CC=C1c2ncnc(N)c2SC1C)c1ccc(N2CCN(C)CC2)nc1. The van der Waals surface area contributed by atoms with Crippen LogP contribution in [0.4, 0.5) is 11.6 Å². The summed E-state index contributed by atoms with van der Waals surface area (Å²) in [6.07, 6.45) is 7.81. The van der Waals surface area contributed by atoms with E-state index in [0.29, 0.717) is 11.1 Å². The van der Waals surface area contributed by atoms with Gasteiger partial charge in [0, 0.05) is 37.6 Å². The van der Waals surface area contributed by atoms with Gasteiger partial charge in [0.25, 0.3) is 0 Å². The maximum absolute atomic E-state index is 6.00. The highest BCUT2D eigenvalue weighted by molar-refractivity contribution is 8.01. The highest BCUT2D eigenvalue weighted by Crippen LogP contribution is 2.45. The lowest BCUT2D eigenvalue weighted by molar-refractivity contribution is 0.312. The molecule has 2 aliphatic heterocycles. The van der Waals surface area contributed by atoms with Gasteiger partial charge in [0.2, 0.25) is 0 Å². The lowest BCUT2D eigenvalue weighted by Gasteiger charge is -2.33. The Morgan fingerprint density at radius 2 is 1.96 bits per heavy atom. The molecule has 28 heavy (non-hydrogen) atoms. The summed E-state index contributed by atoms with van der Waals surface area (Å²) in [5.41, 5.74) is 10.5. The van der Waals surface area contributed by atoms with E-state index in [4.69, 9.17) is 10.7 Å². The smallest absolute Gasteiger partial charge is 0.141 e. The number of likely N-dealkylation sites (N-methyl/N-ethyl adjacent to an activating group) is 1. The largest absolute Gasteiger partial charge is 0.383 e. The second-order valence-electron chi connectivity index (χ2n) is 7.36. The third-order valence-corrected chi connectivity index (χ3v) is 6.63. The summed E-state index contributed by atoms with van der Waals surface area (Å²) in [5.74, 6) is 1.62. The van der Waals surface area contributed by atoms with Crippen LogP contribution < -0.4 is 10.6 Å². The van der Waals surface area contributed by atoms with Gasteiger partial charge in [-0.25, -0.2) is 15.0 Å². The van der Waals surface area contributed by atoms with Crippen molar-refractivity contribution in [3.8, 4) is 0 Å². The minimum absolute atomic E-state index is 0.316. The molecule has 2 aliphatic rings. The van der Waals surface area contributed by atoms with Crippen molar-refractivity contribution in [2.45, 2.75) is 24.0 Å². The molecule has 1 saturated heterocycles. The summed E-state index contributed by atoms with van der Waals surface area (Å²) in [4.78, 5) is 18.9. The zero-order valence-electron chi connectivity index (χ0n) is 16.6. The molecule has 0 amide bonds. The van der Waals surface area contributed by atoms with Crippen molar-refractivity contribution in [3.05, 3.63) is 48.1 Å². The Bertz CT molecular complexity index is 913. The van der Waals surface area contributed by atoms with E-state index in [9.17, 15) is 0 Å². The number of anilines is 2. The summed E-state index contributed by atoms with van der Waals surface area (Å²) < 4.78 is 0. The molecular formula is C21H26N6S. The topological polar surface area (TPSA) is 71.2 Å². The molecule has 1 fully saturated rings. The number of fused-ring (bicyclic) bond motifs is 1. The van der Waals surface area contributed by atoms with E-state index in [1.54, 1.807) is 11.8 Å². The lowest BCUT2D eigenvalue weighted by atomic mass is 10.1. The Labute approximate surface area is 170 Å². The molecule has 2 aromatic heterocycles. The van der Waals surface area contributed by atoms with E-state index >= 15 is 0 Å². The monoisotopic (exact) mass is 394 g/mol. The fourth-order valence-electron chi connectivity index (χ4n) is 3.51. The Hall–Kier alpha value is -2.38. The van der Waals surface area contributed by atoms with Crippen LogP contribution in [0.1, 0.15) is 25.1 Å². The average Bonchev–Trinajstić information content (AvgIpc) is 3.03. The van der Waals surface area contributed by atoms with Crippen LogP contribution in [0.2, 0.25) is 0 Å². The number of nitrogen functional groups attached to an aromatic ring is 1. The van der Waals surface area contributed by atoms with Crippen molar-refractivity contribution in [2.75, 3.05) is 43.9 Å². The number of allylic oxidation sites excluding steroid dienone is 3. The van der Waals surface area contributed by atoms with Gasteiger partial charge in [-0.05, 0) is 49.7 Å². The van der Waals surface area contributed by atoms with Crippen LogP contribution in [0, 0.1) is 0 Å². The second-order valence-corrected chi connectivity index (χ2v) is 8.71. The standard InChI is InChI=1S/C21H26N6S/c1-14(4-6-17-15(2)28-20-19(17)24-13-25-21(20)22)16-5-7-18(23-12-16)27-10-8-26(3)9-11-27/h4-7,12-13,15H,8-11H2,1-3H3,(H2,22,24,25). The van der Waals surface area contributed by atoms with Gasteiger partial charge in [-0.15, -0.1) is 11.8 Å². The summed E-state index contributed by atoms with van der Waals surface area (Å²) in [6.45, 7) is 8.52. The zero-order valence-corrected chi connectivity index (χ0v) is 17.4. The van der Waals surface area contributed by atoms with Crippen LogP contribution in [-0.4, -0.2) is 58.3 Å². The molecule has 2 aromatic rings. The van der Waals surface area contributed by atoms with Gasteiger partial charge in [-0.1, -0.05) is 12.2 Å². The highest BCUT2D eigenvalue weighted by Gasteiger charge is 2.27. The van der Waals surface area contributed by atoms with Crippen LogP contribution in [0.15, 0.2) is 41.7 Å². The molecule has 0 aromatic carbocycles. The van der Waals surface area contributed by atoms with Crippen molar-refractivity contribution < 1.29 is 0 Å². The first-order chi connectivity index (χ1) is 13.5. The first kappa shape index (κ1) is 19.0. The maximum atomic E-state index is 6.00. The number of rotatable bonds is 3. The molecule has 7 heteroatoms. The minimum atomic E-state index is 0.316. The van der Waals surface area contributed by atoms with E-state index in [2.05, 4.69) is 64.9 Å². The van der Waals surface area contributed by atoms with Crippen molar-refractivity contribution in [2.24, 2.45) is 0 Å². The second kappa shape index (κ2) is 7.93. The third-order valence-electron chi connectivity index (χ3n) is 5.38. The lowest BCUT2D eigenvalue weighted by Crippen LogP contribution is -2.44. The molecule has 4 heterocycles. The maximum Gasteiger partial charge on any atom is 0.141 e. The summed E-state index contributed by atoms with van der Waals surface area (Å²) >= 11 is 1.72. The Morgan fingerprint density at radius 1 is 1.18 bits per heavy atom. The van der Waals surface area contributed by atoms with Crippen LogP contribution in [-0.2, 0) is 0 Å². The van der Waals surface area contributed by atoms with Gasteiger partial charge in [0.15, 0.2) is 0 Å². The van der Waals surface area contributed by atoms with E-state index in [1.165, 1.54) is 17.5 Å². The number of nitrogens with two attached hydrogens (primary N) is 1. The van der Waals surface area contributed by atoms with Crippen molar-refractivity contribution in [1.29, 1.82) is 0 Å². The molecule has 0 aliphatic carbocycles. The number of hydrogen-bond acceptors (Lipinski definition) is 7. The normalized spacial score (nSPS) is 22.0. The number of nitrogens with zero attached hydrogens (tertiary/aromatic N) is 5. The third kappa shape index (κ3) is 3.77. The Kier molecular flexibility index (Phi) is 5.37. The summed E-state index contributed by atoms with van der Waals surface area (Å²) in [6, 6.07) is 4.29. The Morgan fingerprint density at radius 3 is 2.68 bits per heavy atom. The van der Waals surface area contributed by atoms with Gasteiger partial charge in [-0.3, -0.25) is 0 Å². The van der Waals surface area contributed by atoms with Gasteiger partial charge in [0.1, 0.15) is 18.0 Å². The van der Waals surface area contributed by atoms with Crippen molar-refractivity contribution in [1.82, 2.24) is 19.9 Å². The summed E-state index contributed by atoms with van der Waals surface area (Å²) in [5, 5.41) is 0.316. The van der Waals surface area contributed by atoms with Gasteiger partial charge < -0.3 is 15.5 Å². The fourth-order valence-corrected chi connectivity index (χ4v) is 4.64. The summed E-state index contributed by atoms with van der Waals surface area (Å²) in [7, 11) is 2.17. The van der Waals surface area contributed by atoms with Crippen LogP contribution >= 0.6 is 11.8 Å². The zero-order chi connectivity index (χ0) is 19.7. The van der Waals surface area contributed by atoms with E-state index in [0.717, 1.165) is 48.1 Å². The van der Waals surface area contributed by atoms with Crippen molar-refractivity contribution >= 4 is 34.5 Å².